The second kappa shape index (κ2) is 13.0. The molecule has 1 saturated heterocycles. The third-order valence-electron chi connectivity index (χ3n) is 8.02. The van der Waals surface area contributed by atoms with Gasteiger partial charge < -0.3 is 15.3 Å². The fourth-order valence-corrected chi connectivity index (χ4v) is 6.49. The predicted octanol–water partition coefficient (Wildman–Crippen LogP) is 4.28. The molecule has 1 fully saturated rings. The fraction of sp³-hybridized carbons (Fsp3) is 0.516. The molecule has 2 aliphatic heterocycles. The number of fused-ring (bicyclic) bond motifs is 1. The number of carbonyl (C=O) groups is 1. The Bertz CT molecular complexity index is 1470. The number of likely N-dealkylation sites (tertiary alicyclic amines) is 1. The van der Waals surface area contributed by atoms with Gasteiger partial charge in [0.15, 0.2) is 0 Å². The van der Waals surface area contributed by atoms with Crippen LogP contribution in [0.4, 0.5) is 11.6 Å². The number of allylic oxidation sites excluding steroid dienone is 3. The van der Waals surface area contributed by atoms with Crippen molar-refractivity contribution in [3.63, 3.8) is 0 Å². The Morgan fingerprint density at radius 1 is 1.12 bits per heavy atom. The van der Waals surface area contributed by atoms with Crippen LogP contribution in [0, 0.1) is 19.8 Å². The smallest absolute Gasteiger partial charge is 0.249 e. The van der Waals surface area contributed by atoms with E-state index >= 15 is 0 Å². The maximum atomic E-state index is 13.3. The predicted molar refractivity (Wildman–Crippen MR) is 165 cm³/mol. The Morgan fingerprint density at radius 3 is 2.45 bits per heavy atom. The van der Waals surface area contributed by atoms with Gasteiger partial charge in [-0.05, 0) is 82.7 Å². The normalized spacial score (nSPS) is 21.0. The molecule has 0 aliphatic carbocycles. The number of hydrogen-bond acceptors (Lipinski definition) is 8. The molecular weight excluding hydrogens is 552 g/mol. The van der Waals surface area contributed by atoms with Gasteiger partial charge in [-0.15, -0.1) is 0 Å². The largest absolute Gasteiger partial charge is 0.377 e. The summed E-state index contributed by atoms with van der Waals surface area (Å²) in [5.74, 6) is 0.234. The lowest BCUT2D eigenvalue weighted by atomic mass is 9.96. The van der Waals surface area contributed by atoms with Gasteiger partial charge in [0.2, 0.25) is 21.9 Å². The number of nitrogens with one attached hydrogen (secondary N) is 2. The number of nitrogens with zero attached hydrogens (tertiary/aromatic N) is 4. The van der Waals surface area contributed by atoms with E-state index in [4.69, 9.17) is 4.98 Å². The van der Waals surface area contributed by atoms with Crippen molar-refractivity contribution in [2.24, 2.45) is 5.92 Å². The first-order valence-electron chi connectivity index (χ1n) is 14.5. The van der Waals surface area contributed by atoms with Crippen LogP contribution in [0.1, 0.15) is 69.8 Å². The van der Waals surface area contributed by atoms with Crippen molar-refractivity contribution in [3.8, 4) is 0 Å². The molecule has 3 atom stereocenters. The zero-order valence-corrected chi connectivity index (χ0v) is 26.5. The minimum absolute atomic E-state index is 0.0326. The standard InChI is InChI=1S/C31H44N6O4S/c1-19(2)29(38)35-42(40,41)24(7)9-8-22(5)30(39)37-11-10-27(15-23(37)6)36-17-25-16-32-31(34-28(25)18-36)33-26-13-20(3)12-21(4)14-26/h8-9,12-14,16,19,23,27,29,35,38H,10-11,15,17-18H2,1-7H3,(H,32,33,34)/b22-8+,24-9+/t23-,27-,29?/m0/s1. The van der Waals surface area contributed by atoms with Gasteiger partial charge in [0.1, 0.15) is 6.23 Å². The van der Waals surface area contributed by atoms with Crippen molar-refractivity contribution in [2.45, 2.75) is 92.7 Å². The quantitative estimate of drug-likeness (QED) is 0.222. The first-order valence-corrected chi connectivity index (χ1v) is 16.0. The van der Waals surface area contributed by atoms with Crippen LogP contribution in [0.15, 0.2) is 47.0 Å². The number of hydrogen-bond donors (Lipinski definition) is 3. The van der Waals surface area contributed by atoms with Crippen LogP contribution < -0.4 is 10.0 Å². The second-order valence-electron chi connectivity index (χ2n) is 12.0. The zero-order chi connectivity index (χ0) is 30.8. The number of aliphatic hydroxyl groups excluding tert-OH is 1. The van der Waals surface area contributed by atoms with Crippen molar-refractivity contribution in [1.29, 1.82) is 0 Å². The first-order chi connectivity index (χ1) is 19.7. The number of piperidine rings is 1. The van der Waals surface area contributed by atoms with Gasteiger partial charge in [0.25, 0.3) is 0 Å². The zero-order valence-electron chi connectivity index (χ0n) is 25.7. The Balaban J connectivity index is 1.34. The van der Waals surface area contributed by atoms with E-state index in [1.165, 1.54) is 30.2 Å². The minimum atomic E-state index is -3.85. The number of rotatable bonds is 9. The molecule has 0 spiro atoms. The van der Waals surface area contributed by atoms with E-state index in [1.807, 2.05) is 11.1 Å². The number of benzene rings is 1. The molecule has 3 N–H and O–H groups in total. The summed E-state index contributed by atoms with van der Waals surface area (Å²) in [6.45, 7) is 15.0. The number of amides is 1. The van der Waals surface area contributed by atoms with E-state index in [-0.39, 0.29) is 22.8 Å². The molecule has 11 heteroatoms. The first kappa shape index (κ1) is 31.8. The van der Waals surface area contributed by atoms with Crippen molar-refractivity contribution >= 4 is 27.6 Å². The Labute approximate surface area is 250 Å². The molecule has 2 aliphatic rings. The summed E-state index contributed by atoms with van der Waals surface area (Å²) in [5.41, 5.74) is 5.99. The summed E-state index contributed by atoms with van der Waals surface area (Å²) in [4.78, 5) is 27.0. The molecule has 1 aromatic heterocycles. The Hall–Kier alpha value is -3.12. The van der Waals surface area contributed by atoms with E-state index in [9.17, 15) is 18.3 Å². The summed E-state index contributed by atoms with van der Waals surface area (Å²) in [7, 11) is -3.85. The lowest BCUT2D eigenvalue weighted by Gasteiger charge is -2.41. The molecule has 42 heavy (non-hydrogen) atoms. The molecular formula is C31H44N6O4S. The van der Waals surface area contributed by atoms with Crippen molar-refractivity contribution in [1.82, 2.24) is 24.5 Å². The fourth-order valence-electron chi connectivity index (χ4n) is 5.47. The lowest BCUT2D eigenvalue weighted by molar-refractivity contribution is -0.131. The van der Waals surface area contributed by atoms with Gasteiger partial charge in [0.05, 0.1) is 10.6 Å². The summed E-state index contributed by atoms with van der Waals surface area (Å²) < 4.78 is 27.2. The molecule has 10 nitrogen and oxygen atoms in total. The van der Waals surface area contributed by atoms with Crippen LogP contribution in [0.25, 0.3) is 0 Å². The van der Waals surface area contributed by atoms with Crippen LogP contribution in [0.5, 0.6) is 0 Å². The highest BCUT2D eigenvalue weighted by molar-refractivity contribution is 7.93. The summed E-state index contributed by atoms with van der Waals surface area (Å²) >= 11 is 0. The number of aliphatic hydroxyl groups is 1. The average molecular weight is 597 g/mol. The van der Waals surface area contributed by atoms with Crippen LogP contribution >= 0.6 is 0 Å². The number of anilines is 2. The third-order valence-corrected chi connectivity index (χ3v) is 9.56. The summed E-state index contributed by atoms with van der Waals surface area (Å²) in [6.07, 6.45) is 5.37. The lowest BCUT2D eigenvalue weighted by Crippen LogP contribution is -2.50. The molecule has 0 saturated carbocycles. The minimum Gasteiger partial charge on any atom is -0.377 e. The maximum absolute atomic E-state index is 13.3. The topological polar surface area (TPSA) is 128 Å². The van der Waals surface area contributed by atoms with E-state index in [0.29, 0.717) is 24.1 Å². The van der Waals surface area contributed by atoms with Crippen molar-refractivity contribution < 1.29 is 18.3 Å². The molecule has 0 radical (unpaired) electrons. The van der Waals surface area contributed by atoms with Gasteiger partial charge >= 0.3 is 0 Å². The molecule has 0 bridgehead atoms. The van der Waals surface area contributed by atoms with Crippen molar-refractivity contribution in [2.75, 3.05) is 11.9 Å². The molecule has 1 amide bonds. The SMILES string of the molecule is C/C(=C\C=C(/C)S(=O)(=O)NC(O)C(C)C)C(=O)N1CC[C@H](N2Cc3cnc(Nc4cc(C)cc(C)c4)nc3C2)C[C@@H]1C. The van der Waals surface area contributed by atoms with E-state index in [0.717, 1.165) is 42.9 Å². The molecule has 4 rings (SSSR count). The Morgan fingerprint density at radius 2 is 1.81 bits per heavy atom. The van der Waals surface area contributed by atoms with Gasteiger partial charge in [0, 0.05) is 54.7 Å². The van der Waals surface area contributed by atoms with Crippen molar-refractivity contribution in [3.05, 3.63) is 69.4 Å². The number of aromatic nitrogens is 2. The molecule has 2 aromatic rings. The van der Waals surface area contributed by atoms with Gasteiger partial charge in [-0.25, -0.2) is 18.4 Å². The monoisotopic (exact) mass is 596 g/mol. The molecule has 228 valence electrons. The molecule has 1 aromatic carbocycles. The van der Waals surface area contributed by atoms with Gasteiger partial charge in [-0.1, -0.05) is 26.0 Å². The second-order valence-corrected chi connectivity index (χ2v) is 13.9. The van der Waals surface area contributed by atoms with Crippen LogP contribution in [0.2, 0.25) is 0 Å². The summed E-state index contributed by atoms with van der Waals surface area (Å²) in [5, 5.41) is 13.2. The van der Waals surface area contributed by atoms with Crippen LogP contribution in [-0.2, 0) is 27.9 Å². The van der Waals surface area contributed by atoms with E-state index in [2.05, 4.69) is 58.9 Å². The Kier molecular flexibility index (Phi) is 9.87. The number of aryl methyl sites for hydroxylation is 2. The highest BCUT2D eigenvalue weighted by atomic mass is 32.2. The highest BCUT2D eigenvalue weighted by Crippen LogP contribution is 2.31. The number of carbonyl (C=O) groups excluding carboxylic acids is 1. The van der Waals surface area contributed by atoms with Gasteiger partial charge in [-0.3, -0.25) is 9.69 Å². The number of sulfonamides is 1. The third kappa shape index (κ3) is 7.63. The maximum Gasteiger partial charge on any atom is 0.249 e. The van der Waals surface area contributed by atoms with Crippen LogP contribution in [-0.4, -0.2) is 64.1 Å². The van der Waals surface area contributed by atoms with Crippen LogP contribution in [0.3, 0.4) is 0 Å². The van der Waals surface area contributed by atoms with E-state index < -0.39 is 16.3 Å². The van der Waals surface area contributed by atoms with E-state index in [1.54, 1.807) is 20.8 Å². The average Bonchev–Trinajstić information content (AvgIpc) is 3.33. The van der Waals surface area contributed by atoms with Gasteiger partial charge in [-0.2, -0.15) is 4.72 Å². The molecule has 1 unspecified atom stereocenters. The summed E-state index contributed by atoms with van der Waals surface area (Å²) in [6, 6.07) is 6.66. The molecule has 3 heterocycles. The highest BCUT2D eigenvalue weighted by Gasteiger charge is 2.35.